The Kier molecular flexibility index (Phi) is 7.45. The molecule has 190 valence electrons. The largest absolute Gasteiger partial charge is 0.495 e. The van der Waals surface area contributed by atoms with Gasteiger partial charge >= 0.3 is 0 Å². The molecule has 37 heavy (non-hydrogen) atoms. The first-order valence-electron chi connectivity index (χ1n) is 11.5. The van der Waals surface area contributed by atoms with Crippen LogP contribution in [0.5, 0.6) is 5.75 Å². The lowest BCUT2D eigenvalue weighted by atomic mass is 9.80. The molecule has 3 aromatic rings. The van der Waals surface area contributed by atoms with Gasteiger partial charge in [-0.05, 0) is 47.7 Å². The van der Waals surface area contributed by atoms with Gasteiger partial charge in [-0.1, -0.05) is 31.5 Å². The first kappa shape index (κ1) is 25.7. The minimum absolute atomic E-state index is 0.00120. The van der Waals surface area contributed by atoms with Crippen LogP contribution in [0.1, 0.15) is 42.6 Å². The van der Waals surface area contributed by atoms with Gasteiger partial charge in [0.25, 0.3) is 5.91 Å². The molecule has 1 aromatic heterocycles. The number of fused-ring (bicyclic) bond motifs is 1. The fraction of sp³-hybridized carbons (Fsp3) is 0.269. The molecule has 2 heterocycles. The van der Waals surface area contributed by atoms with Crippen molar-refractivity contribution in [2.24, 2.45) is 0 Å². The van der Waals surface area contributed by atoms with Crippen molar-refractivity contribution in [3.8, 4) is 11.8 Å². The van der Waals surface area contributed by atoms with Gasteiger partial charge in [-0.15, -0.1) is 0 Å². The first-order valence-corrected chi connectivity index (χ1v) is 11.9. The second kappa shape index (κ2) is 10.7. The van der Waals surface area contributed by atoms with E-state index in [0.29, 0.717) is 17.9 Å². The quantitative estimate of drug-likeness (QED) is 0.323. The van der Waals surface area contributed by atoms with Gasteiger partial charge in [-0.3, -0.25) is 9.59 Å². The van der Waals surface area contributed by atoms with E-state index in [1.165, 1.54) is 13.3 Å². The molecular weight excluding hydrogens is 494 g/mol. The predicted molar refractivity (Wildman–Crippen MR) is 142 cm³/mol. The Bertz CT molecular complexity index is 1400. The normalized spacial score (nSPS) is 13.9. The fourth-order valence-electron chi connectivity index (χ4n) is 4.06. The van der Waals surface area contributed by atoms with E-state index in [1.54, 1.807) is 18.2 Å². The van der Waals surface area contributed by atoms with E-state index in [0.717, 1.165) is 23.4 Å². The van der Waals surface area contributed by atoms with Crippen LogP contribution in [-0.4, -0.2) is 35.4 Å². The minimum atomic E-state index is -0.453. The van der Waals surface area contributed by atoms with E-state index in [9.17, 15) is 9.59 Å². The topological polar surface area (TPSA) is 141 Å². The monoisotopic (exact) mass is 519 g/mol. The highest BCUT2D eigenvalue weighted by molar-refractivity contribution is 6.33. The summed E-state index contributed by atoms with van der Waals surface area (Å²) >= 11 is 6.38. The number of hydrogen-bond acceptors (Lipinski definition) is 8. The van der Waals surface area contributed by atoms with Crippen LogP contribution in [0.4, 0.5) is 28.8 Å². The molecule has 0 spiro atoms. The molecule has 1 aliphatic rings. The Labute approximate surface area is 219 Å². The highest BCUT2D eigenvalue weighted by Gasteiger charge is 2.29. The molecule has 4 N–H and O–H groups in total. The molecule has 2 aromatic carbocycles. The number of para-hydroxylation sites is 1. The SMILES string of the molecule is COc1cccc(C(=O)NCC#N)c1Nc1nc(Nc2ccc3c(c2)C(C)(C)CCC(=O)N3)ncc1Cl. The number of anilines is 5. The summed E-state index contributed by atoms with van der Waals surface area (Å²) in [6.45, 7) is 4.07. The van der Waals surface area contributed by atoms with Crippen molar-refractivity contribution >= 4 is 52.2 Å². The second-order valence-corrected chi connectivity index (χ2v) is 9.46. The highest BCUT2D eigenvalue weighted by atomic mass is 35.5. The minimum Gasteiger partial charge on any atom is -0.495 e. The molecule has 0 bridgehead atoms. The molecule has 11 heteroatoms. The summed E-state index contributed by atoms with van der Waals surface area (Å²) in [5.74, 6) is 0.462. The number of halogens is 1. The standard InChI is InChI=1S/C26H26ClN7O3/c1-26(2)10-9-21(35)32-19-8-7-15(13-17(19)26)31-25-30-14-18(27)23(34-25)33-22-16(24(36)29-12-11-28)5-4-6-20(22)37-3/h4-8,13-14H,9-10,12H2,1-3H3,(H,29,36)(H,32,35)(H2,30,31,33,34). The highest BCUT2D eigenvalue weighted by Crippen LogP contribution is 2.39. The number of benzene rings is 2. The zero-order valence-corrected chi connectivity index (χ0v) is 21.4. The van der Waals surface area contributed by atoms with Crippen molar-refractivity contribution in [3.63, 3.8) is 0 Å². The molecule has 10 nitrogen and oxygen atoms in total. The Morgan fingerprint density at radius 3 is 2.84 bits per heavy atom. The molecular formula is C26H26ClN7O3. The van der Waals surface area contributed by atoms with Gasteiger partial charge in [0.15, 0.2) is 5.82 Å². The number of aromatic nitrogens is 2. The van der Waals surface area contributed by atoms with E-state index in [2.05, 4.69) is 45.1 Å². The van der Waals surface area contributed by atoms with Crippen molar-refractivity contribution in [2.45, 2.75) is 32.1 Å². The van der Waals surface area contributed by atoms with Crippen LogP contribution in [0.3, 0.4) is 0 Å². The van der Waals surface area contributed by atoms with Crippen molar-refractivity contribution < 1.29 is 14.3 Å². The zero-order valence-electron chi connectivity index (χ0n) is 20.6. The second-order valence-electron chi connectivity index (χ2n) is 9.06. The molecule has 0 atom stereocenters. The Balaban J connectivity index is 1.64. The number of carbonyl (C=O) groups is 2. The van der Waals surface area contributed by atoms with E-state index in [1.807, 2.05) is 24.3 Å². The molecule has 1 aliphatic heterocycles. The number of methoxy groups -OCH3 is 1. The molecule has 0 aliphatic carbocycles. The zero-order chi connectivity index (χ0) is 26.6. The molecule has 0 saturated heterocycles. The number of nitriles is 1. The number of hydrogen-bond donors (Lipinski definition) is 4. The van der Waals surface area contributed by atoms with Crippen LogP contribution in [0, 0.1) is 11.3 Å². The lowest BCUT2D eigenvalue weighted by molar-refractivity contribution is -0.116. The summed E-state index contributed by atoms with van der Waals surface area (Å²) in [6.07, 6.45) is 2.63. The summed E-state index contributed by atoms with van der Waals surface area (Å²) in [5.41, 5.74) is 2.94. The van der Waals surface area contributed by atoms with Gasteiger partial charge in [-0.2, -0.15) is 10.2 Å². The van der Waals surface area contributed by atoms with Gasteiger partial charge in [0.05, 0.1) is 30.6 Å². The maximum Gasteiger partial charge on any atom is 0.254 e. The van der Waals surface area contributed by atoms with E-state index >= 15 is 0 Å². The molecule has 0 fully saturated rings. The van der Waals surface area contributed by atoms with Gasteiger partial charge in [0, 0.05) is 17.8 Å². The third-order valence-electron chi connectivity index (χ3n) is 6.06. The van der Waals surface area contributed by atoms with Crippen LogP contribution in [0.15, 0.2) is 42.6 Å². The maximum atomic E-state index is 12.6. The number of ether oxygens (including phenoxy) is 1. The number of carbonyl (C=O) groups excluding carboxylic acids is 2. The summed E-state index contributed by atoms with van der Waals surface area (Å²) in [6, 6.07) is 12.5. The van der Waals surface area contributed by atoms with Gasteiger partial charge in [0.1, 0.15) is 17.3 Å². The average Bonchev–Trinajstić information content (AvgIpc) is 2.99. The number of amides is 2. The molecule has 0 radical (unpaired) electrons. The number of nitrogens with zero attached hydrogens (tertiary/aromatic N) is 3. The molecule has 0 unspecified atom stereocenters. The Morgan fingerprint density at radius 1 is 1.27 bits per heavy atom. The summed E-state index contributed by atoms with van der Waals surface area (Å²) in [4.78, 5) is 33.5. The van der Waals surface area contributed by atoms with Crippen molar-refractivity contribution in [2.75, 3.05) is 29.6 Å². The lowest BCUT2D eigenvalue weighted by Crippen LogP contribution is -2.24. The van der Waals surface area contributed by atoms with Crippen LogP contribution < -0.4 is 26.0 Å². The third kappa shape index (κ3) is 5.73. The predicted octanol–water partition coefficient (Wildman–Crippen LogP) is 4.89. The summed E-state index contributed by atoms with van der Waals surface area (Å²) in [5, 5.41) is 20.8. The fourth-order valence-corrected chi connectivity index (χ4v) is 4.20. The van der Waals surface area contributed by atoms with Crippen LogP contribution in [0.25, 0.3) is 0 Å². The molecule has 2 amide bonds. The average molecular weight is 520 g/mol. The lowest BCUT2D eigenvalue weighted by Gasteiger charge is -2.25. The summed E-state index contributed by atoms with van der Waals surface area (Å²) in [7, 11) is 1.48. The van der Waals surface area contributed by atoms with Gasteiger partial charge in [0.2, 0.25) is 11.9 Å². The van der Waals surface area contributed by atoms with Crippen LogP contribution >= 0.6 is 11.6 Å². The van der Waals surface area contributed by atoms with Crippen LogP contribution in [-0.2, 0) is 10.2 Å². The van der Waals surface area contributed by atoms with E-state index in [4.69, 9.17) is 21.6 Å². The smallest absolute Gasteiger partial charge is 0.254 e. The third-order valence-corrected chi connectivity index (χ3v) is 6.34. The Hall–Kier alpha value is -4.36. The van der Waals surface area contributed by atoms with Crippen LogP contribution in [0.2, 0.25) is 5.02 Å². The van der Waals surface area contributed by atoms with Crippen molar-refractivity contribution in [1.29, 1.82) is 5.26 Å². The molecule has 4 rings (SSSR count). The van der Waals surface area contributed by atoms with E-state index in [-0.39, 0.29) is 40.2 Å². The maximum absolute atomic E-state index is 12.6. The Morgan fingerprint density at radius 2 is 2.08 bits per heavy atom. The number of rotatable bonds is 7. The first-order chi connectivity index (χ1) is 17.7. The van der Waals surface area contributed by atoms with E-state index < -0.39 is 5.91 Å². The van der Waals surface area contributed by atoms with Crippen molar-refractivity contribution in [3.05, 3.63) is 58.7 Å². The number of nitrogens with one attached hydrogen (secondary N) is 4. The van der Waals surface area contributed by atoms with Gasteiger partial charge in [-0.25, -0.2) is 4.98 Å². The van der Waals surface area contributed by atoms with Gasteiger partial charge < -0.3 is 26.0 Å². The van der Waals surface area contributed by atoms with Crippen molar-refractivity contribution in [1.82, 2.24) is 15.3 Å². The molecule has 0 saturated carbocycles. The summed E-state index contributed by atoms with van der Waals surface area (Å²) < 4.78 is 5.43.